The van der Waals surface area contributed by atoms with Crippen LogP contribution in [0.15, 0.2) is 24.3 Å². The number of phenols is 1. The molecule has 18 heavy (non-hydrogen) atoms. The second-order valence-corrected chi connectivity index (χ2v) is 3.99. The van der Waals surface area contributed by atoms with Crippen molar-refractivity contribution in [3.63, 3.8) is 0 Å². The lowest BCUT2D eigenvalue weighted by molar-refractivity contribution is -0.139. The number of hydrogen-bond acceptors (Lipinski definition) is 6. The number of aromatic hydroxyl groups is 1. The molecule has 0 saturated heterocycles. The lowest BCUT2D eigenvalue weighted by Gasteiger charge is -2.20. The number of carbonyl (C=O) groups excluding carboxylic acids is 1. The molecule has 0 saturated carbocycles. The molecule has 0 bridgehead atoms. The molecule has 0 aliphatic rings. The van der Waals surface area contributed by atoms with E-state index < -0.39 is 30.7 Å². The maximum atomic E-state index is 11.6. The zero-order valence-electron chi connectivity index (χ0n) is 9.60. The Morgan fingerprint density at radius 1 is 1.11 bits per heavy atom. The average Bonchev–Trinajstić information content (AvgIpc) is 2.38. The summed E-state index contributed by atoms with van der Waals surface area (Å²) in [6.45, 7) is -0.745. The Morgan fingerprint density at radius 2 is 1.67 bits per heavy atom. The predicted molar refractivity (Wildman–Crippen MR) is 61.9 cm³/mol. The van der Waals surface area contributed by atoms with Crippen LogP contribution < -0.4 is 0 Å². The van der Waals surface area contributed by atoms with Crippen LogP contribution >= 0.6 is 0 Å². The molecule has 0 fully saturated rings. The van der Waals surface area contributed by atoms with E-state index in [9.17, 15) is 15.0 Å². The molecule has 1 rings (SSSR count). The fourth-order valence-corrected chi connectivity index (χ4v) is 1.43. The first-order valence-electron chi connectivity index (χ1n) is 5.41. The van der Waals surface area contributed by atoms with E-state index in [0.717, 1.165) is 0 Å². The number of hydrogen-bond donors (Lipinski definition) is 5. The normalized spacial score (nSPS) is 16.0. The molecule has 3 unspecified atom stereocenters. The van der Waals surface area contributed by atoms with Gasteiger partial charge in [-0.2, -0.15) is 0 Å². The fraction of sp³-hybridized carbons (Fsp3) is 0.417. The first-order valence-corrected chi connectivity index (χ1v) is 5.41. The molecule has 6 heteroatoms. The van der Waals surface area contributed by atoms with Gasteiger partial charge in [0.05, 0.1) is 6.61 Å². The molecule has 0 heterocycles. The molecule has 0 radical (unpaired) electrons. The van der Waals surface area contributed by atoms with Crippen LogP contribution in [0.25, 0.3) is 0 Å². The summed E-state index contributed by atoms with van der Waals surface area (Å²) in [5.41, 5.74) is 0.558. The van der Waals surface area contributed by atoms with Gasteiger partial charge in [-0.15, -0.1) is 0 Å². The molecule has 0 aromatic heterocycles. The highest BCUT2D eigenvalue weighted by molar-refractivity contribution is 5.85. The van der Waals surface area contributed by atoms with E-state index in [1.54, 1.807) is 0 Å². The Bertz CT molecular complexity index is 388. The molecule has 0 aliphatic carbocycles. The Balaban J connectivity index is 2.62. The number of aliphatic hydroxyl groups excluding tert-OH is 4. The minimum atomic E-state index is -1.76. The number of benzene rings is 1. The van der Waals surface area contributed by atoms with Crippen LogP contribution in [-0.2, 0) is 11.2 Å². The van der Waals surface area contributed by atoms with Gasteiger partial charge in [0.15, 0.2) is 5.78 Å². The predicted octanol–water partition coefficient (Wildman–Crippen LogP) is -1.42. The van der Waals surface area contributed by atoms with Crippen molar-refractivity contribution in [1.29, 1.82) is 0 Å². The third kappa shape index (κ3) is 3.78. The third-order valence-electron chi connectivity index (χ3n) is 2.55. The lowest BCUT2D eigenvalue weighted by atomic mass is 9.99. The number of phenolic OH excluding ortho intramolecular Hbond substituents is 1. The van der Waals surface area contributed by atoms with Gasteiger partial charge < -0.3 is 25.5 Å². The van der Waals surface area contributed by atoms with Gasteiger partial charge in [-0.05, 0) is 17.7 Å². The zero-order valence-corrected chi connectivity index (χ0v) is 9.60. The molecular weight excluding hydrogens is 240 g/mol. The van der Waals surface area contributed by atoms with Crippen molar-refractivity contribution in [3.8, 4) is 5.75 Å². The first-order chi connectivity index (χ1) is 8.45. The van der Waals surface area contributed by atoms with Crippen molar-refractivity contribution in [2.45, 2.75) is 24.7 Å². The SMILES string of the molecule is O=C(Cc1ccc(O)cc1)C(O)C(O)C(O)CO. The first kappa shape index (κ1) is 14.6. The van der Waals surface area contributed by atoms with Crippen molar-refractivity contribution in [2.24, 2.45) is 0 Å². The summed E-state index contributed by atoms with van der Waals surface area (Å²) in [6, 6.07) is 5.81. The van der Waals surface area contributed by atoms with Gasteiger partial charge in [0.25, 0.3) is 0 Å². The van der Waals surface area contributed by atoms with Crippen LogP contribution in [-0.4, -0.2) is 56.2 Å². The van der Waals surface area contributed by atoms with Crippen molar-refractivity contribution in [3.05, 3.63) is 29.8 Å². The highest BCUT2D eigenvalue weighted by atomic mass is 16.4. The van der Waals surface area contributed by atoms with Gasteiger partial charge in [-0.1, -0.05) is 12.1 Å². The maximum absolute atomic E-state index is 11.6. The number of Topliss-reactive ketones (excluding diaryl/α,β-unsaturated/α-hetero) is 1. The summed E-state index contributed by atoms with van der Waals surface area (Å²) in [6.07, 6.45) is -5.19. The highest BCUT2D eigenvalue weighted by Crippen LogP contribution is 2.12. The number of carbonyl (C=O) groups is 1. The smallest absolute Gasteiger partial charge is 0.168 e. The molecule has 0 amide bonds. The third-order valence-corrected chi connectivity index (χ3v) is 2.55. The van der Waals surface area contributed by atoms with E-state index in [-0.39, 0.29) is 12.2 Å². The largest absolute Gasteiger partial charge is 0.508 e. The number of ketones is 1. The Morgan fingerprint density at radius 3 is 2.17 bits per heavy atom. The topological polar surface area (TPSA) is 118 Å². The second-order valence-electron chi connectivity index (χ2n) is 3.99. The highest BCUT2D eigenvalue weighted by Gasteiger charge is 2.29. The van der Waals surface area contributed by atoms with Crippen LogP contribution in [0.1, 0.15) is 5.56 Å². The molecule has 5 N–H and O–H groups in total. The standard InChI is InChI=1S/C12H16O6/c13-6-10(16)12(18)11(17)9(15)5-7-1-3-8(14)4-2-7/h1-4,10-14,16-18H,5-6H2. The molecular formula is C12H16O6. The number of aliphatic hydroxyl groups is 4. The van der Waals surface area contributed by atoms with Gasteiger partial charge in [-0.25, -0.2) is 0 Å². The van der Waals surface area contributed by atoms with Gasteiger partial charge in [0, 0.05) is 6.42 Å². The van der Waals surface area contributed by atoms with E-state index in [1.807, 2.05) is 0 Å². The number of rotatable bonds is 6. The molecule has 0 aliphatic heterocycles. The quantitative estimate of drug-likeness (QED) is 0.426. The van der Waals surface area contributed by atoms with Gasteiger partial charge >= 0.3 is 0 Å². The van der Waals surface area contributed by atoms with Crippen LogP contribution in [0.2, 0.25) is 0 Å². The van der Waals surface area contributed by atoms with Crippen LogP contribution in [0.3, 0.4) is 0 Å². The molecule has 6 nitrogen and oxygen atoms in total. The Hall–Kier alpha value is -1.47. The van der Waals surface area contributed by atoms with Gasteiger partial charge in [0.1, 0.15) is 24.1 Å². The fourth-order valence-electron chi connectivity index (χ4n) is 1.43. The van der Waals surface area contributed by atoms with E-state index in [1.165, 1.54) is 24.3 Å². The monoisotopic (exact) mass is 256 g/mol. The molecule has 0 spiro atoms. The van der Waals surface area contributed by atoms with Gasteiger partial charge in [0.2, 0.25) is 0 Å². The Labute approximate surface area is 104 Å². The summed E-state index contributed by atoms with van der Waals surface area (Å²) in [5, 5.41) is 45.6. The molecule has 100 valence electrons. The maximum Gasteiger partial charge on any atom is 0.168 e. The molecule has 1 aromatic carbocycles. The summed E-state index contributed by atoms with van der Waals surface area (Å²) in [7, 11) is 0. The lowest BCUT2D eigenvalue weighted by Crippen LogP contribution is -2.44. The van der Waals surface area contributed by atoms with Crippen LogP contribution in [0.5, 0.6) is 5.75 Å². The van der Waals surface area contributed by atoms with E-state index in [2.05, 4.69) is 0 Å². The summed E-state index contributed by atoms with van der Waals surface area (Å²) in [5.74, 6) is -0.622. The van der Waals surface area contributed by atoms with Crippen molar-refractivity contribution in [2.75, 3.05) is 6.61 Å². The Kier molecular flexibility index (Phi) is 5.24. The zero-order chi connectivity index (χ0) is 13.7. The van der Waals surface area contributed by atoms with Gasteiger partial charge in [-0.3, -0.25) is 4.79 Å². The van der Waals surface area contributed by atoms with E-state index >= 15 is 0 Å². The average molecular weight is 256 g/mol. The summed E-state index contributed by atoms with van der Waals surface area (Å²) in [4.78, 5) is 11.6. The van der Waals surface area contributed by atoms with Crippen molar-refractivity contribution in [1.82, 2.24) is 0 Å². The summed E-state index contributed by atoms with van der Waals surface area (Å²) >= 11 is 0. The van der Waals surface area contributed by atoms with Crippen molar-refractivity contribution < 1.29 is 30.3 Å². The van der Waals surface area contributed by atoms with E-state index in [0.29, 0.717) is 5.56 Å². The summed E-state index contributed by atoms with van der Waals surface area (Å²) < 4.78 is 0. The minimum absolute atomic E-state index is 0.0579. The van der Waals surface area contributed by atoms with Crippen molar-refractivity contribution >= 4 is 5.78 Å². The van der Waals surface area contributed by atoms with Crippen LogP contribution in [0.4, 0.5) is 0 Å². The minimum Gasteiger partial charge on any atom is -0.508 e. The second kappa shape index (κ2) is 6.46. The molecule has 1 aromatic rings. The molecule has 3 atom stereocenters. The van der Waals surface area contributed by atoms with Crippen LogP contribution in [0, 0.1) is 0 Å². The van der Waals surface area contributed by atoms with E-state index in [4.69, 9.17) is 15.3 Å².